The predicted octanol–water partition coefficient (Wildman–Crippen LogP) is 4.18. The first-order chi connectivity index (χ1) is 10.1. The molecule has 0 bridgehead atoms. The first-order valence-corrected chi connectivity index (χ1v) is 7.71. The molecule has 0 saturated heterocycles. The molecule has 112 valence electrons. The van der Waals surface area contributed by atoms with Crippen LogP contribution < -0.4 is 10.5 Å². The van der Waals surface area contributed by atoms with Crippen molar-refractivity contribution in [2.45, 2.75) is 6.04 Å². The van der Waals surface area contributed by atoms with Gasteiger partial charge in [-0.05, 0) is 45.3 Å². The smallest absolute Gasteiger partial charge is 0.133 e. The average molecular weight is 371 g/mol. The lowest BCUT2D eigenvalue weighted by Crippen LogP contribution is -2.12. The van der Waals surface area contributed by atoms with Gasteiger partial charge in [-0.25, -0.2) is 0 Å². The fourth-order valence-corrected chi connectivity index (χ4v) is 2.73. The maximum atomic E-state index is 6.29. The highest BCUT2D eigenvalue weighted by Crippen LogP contribution is 2.32. The molecule has 0 fully saturated rings. The van der Waals surface area contributed by atoms with Crippen LogP contribution in [0.2, 0.25) is 5.02 Å². The zero-order valence-corrected chi connectivity index (χ0v) is 14.0. The van der Waals surface area contributed by atoms with Gasteiger partial charge in [0.05, 0.1) is 17.1 Å². The number of methoxy groups -OCH3 is 1. The largest absolute Gasteiger partial charge is 0.490 e. The molecule has 0 saturated carbocycles. The minimum Gasteiger partial charge on any atom is -0.490 e. The normalized spacial score (nSPS) is 12.2. The summed E-state index contributed by atoms with van der Waals surface area (Å²) in [6.45, 7) is 1.05. The Morgan fingerprint density at radius 3 is 2.62 bits per heavy atom. The van der Waals surface area contributed by atoms with E-state index >= 15 is 0 Å². The average Bonchev–Trinajstić information content (AvgIpc) is 2.49. The van der Waals surface area contributed by atoms with E-state index in [1.807, 2.05) is 42.5 Å². The fraction of sp³-hybridized carbons (Fsp3) is 0.250. The SMILES string of the molecule is COCCOc1ccc(C(N)c2ccccc2Cl)cc1Br. The van der Waals surface area contributed by atoms with Gasteiger partial charge in [-0.15, -0.1) is 0 Å². The van der Waals surface area contributed by atoms with E-state index in [4.69, 9.17) is 26.8 Å². The molecule has 0 heterocycles. The second-order valence-corrected chi connectivity index (χ2v) is 5.79. The Labute approximate surface area is 138 Å². The van der Waals surface area contributed by atoms with Crippen LogP contribution in [0.1, 0.15) is 17.2 Å². The second-order valence-electron chi connectivity index (χ2n) is 4.53. The number of nitrogens with two attached hydrogens (primary N) is 1. The van der Waals surface area contributed by atoms with Gasteiger partial charge in [0, 0.05) is 12.1 Å². The molecule has 5 heteroatoms. The van der Waals surface area contributed by atoms with Gasteiger partial charge in [0.2, 0.25) is 0 Å². The van der Waals surface area contributed by atoms with E-state index in [9.17, 15) is 0 Å². The zero-order chi connectivity index (χ0) is 15.2. The predicted molar refractivity (Wildman–Crippen MR) is 89.0 cm³/mol. The molecule has 2 N–H and O–H groups in total. The van der Waals surface area contributed by atoms with Crippen molar-refractivity contribution in [1.82, 2.24) is 0 Å². The number of benzene rings is 2. The molecular formula is C16H17BrClNO2. The monoisotopic (exact) mass is 369 g/mol. The third-order valence-electron chi connectivity index (χ3n) is 3.10. The molecule has 0 spiro atoms. The van der Waals surface area contributed by atoms with Crippen LogP contribution in [0.3, 0.4) is 0 Å². The molecule has 0 aliphatic rings. The van der Waals surface area contributed by atoms with E-state index in [-0.39, 0.29) is 6.04 Å². The molecule has 0 aliphatic heterocycles. The van der Waals surface area contributed by atoms with Crippen LogP contribution in [-0.4, -0.2) is 20.3 Å². The van der Waals surface area contributed by atoms with E-state index in [1.165, 1.54) is 0 Å². The summed E-state index contributed by atoms with van der Waals surface area (Å²) in [5.41, 5.74) is 8.16. The molecule has 2 rings (SSSR count). The maximum Gasteiger partial charge on any atom is 0.133 e. The Balaban J connectivity index is 2.18. The number of hydrogen-bond donors (Lipinski definition) is 1. The minimum atomic E-state index is -0.275. The van der Waals surface area contributed by atoms with E-state index in [1.54, 1.807) is 7.11 Å². The van der Waals surface area contributed by atoms with Gasteiger partial charge < -0.3 is 15.2 Å². The van der Waals surface area contributed by atoms with Crippen molar-refractivity contribution < 1.29 is 9.47 Å². The maximum absolute atomic E-state index is 6.29. The van der Waals surface area contributed by atoms with Crippen LogP contribution in [0.15, 0.2) is 46.9 Å². The molecule has 0 aliphatic carbocycles. The molecule has 0 radical (unpaired) electrons. The van der Waals surface area contributed by atoms with E-state index in [2.05, 4.69) is 15.9 Å². The van der Waals surface area contributed by atoms with Crippen LogP contribution in [0.5, 0.6) is 5.75 Å². The summed E-state index contributed by atoms with van der Waals surface area (Å²) in [4.78, 5) is 0. The van der Waals surface area contributed by atoms with Gasteiger partial charge in [-0.2, -0.15) is 0 Å². The Morgan fingerprint density at radius 1 is 1.19 bits per heavy atom. The first-order valence-electron chi connectivity index (χ1n) is 6.54. The number of rotatable bonds is 6. The van der Waals surface area contributed by atoms with Gasteiger partial charge in [-0.3, -0.25) is 0 Å². The van der Waals surface area contributed by atoms with Crippen molar-refractivity contribution in [1.29, 1.82) is 0 Å². The highest BCUT2D eigenvalue weighted by atomic mass is 79.9. The van der Waals surface area contributed by atoms with Crippen LogP contribution in [0.25, 0.3) is 0 Å². The van der Waals surface area contributed by atoms with Crippen molar-refractivity contribution in [2.75, 3.05) is 20.3 Å². The molecule has 1 unspecified atom stereocenters. The van der Waals surface area contributed by atoms with Crippen molar-refractivity contribution in [3.05, 3.63) is 63.1 Å². The lowest BCUT2D eigenvalue weighted by atomic mass is 9.99. The van der Waals surface area contributed by atoms with Gasteiger partial charge in [-0.1, -0.05) is 35.9 Å². The molecular weight excluding hydrogens is 354 g/mol. The molecule has 3 nitrogen and oxygen atoms in total. The van der Waals surface area contributed by atoms with E-state index in [0.717, 1.165) is 21.3 Å². The summed E-state index contributed by atoms with van der Waals surface area (Å²) in [6, 6.07) is 13.1. The highest BCUT2D eigenvalue weighted by molar-refractivity contribution is 9.10. The van der Waals surface area contributed by atoms with Crippen LogP contribution in [-0.2, 0) is 4.74 Å². The summed E-state index contributed by atoms with van der Waals surface area (Å²) in [7, 11) is 1.64. The second kappa shape index (κ2) is 7.80. The number of hydrogen-bond acceptors (Lipinski definition) is 3. The number of halogens is 2. The summed E-state index contributed by atoms with van der Waals surface area (Å²) in [5.74, 6) is 0.766. The topological polar surface area (TPSA) is 44.5 Å². The van der Waals surface area contributed by atoms with Gasteiger partial charge in [0.1, 0.15) is 12.4 Å². The lowest BCUT2D eigenvalue weighted by Gasteiger charge is -2.16. The van der Waals surface area contributed by atoms with Crippen molar-refractivity contribution in [3.63, 3.8) is 0 Å². The molecule has 0 aromatic heterocycles. The Hall–Kier alpha value is -1.07. The highest BCUT2D eigenvalue weighted by Gasteiger charge is 2.13. The van der Waals surface area contributed by atoms with E-state index < -0.39 is 0 Å². The molecule has 21 heavy (non-hydrogen) atoms. The summed E-state index contributed by atoms with van der Waals surface area (Å²) >= 11 is 9.70. The van der Waals surface area contributed by atoms with Gasteiger partial charge in [0.25, 0.3) is 0 Å². The Kier molecular flexibility index (Phi) is 6.06. The zero-order valence-electron chi connectivity index (χ0n) is 11.7. The quantitative estimate of drug-likeness (QED) is 0.776. The standard InChI is InChI=1S/C16H17BrClNO2/c1-20-8-9-21-15-7-6-11(10-13(15)17)16(19)12-4-2-3-5-14(12)18/h2-7,10,16H,8-9,19H2,1H3. The third kappa shape index (κ3) is 4.20. The van der Waals surface area contributed by atoms with Crippen LogP contribution >= 0.6 is 27.5 Å². The van der Waals surface area contributed by atoms with Gasteiger partial charge in [0.15, 0.2) is 0 Å². The van der Waals surface area contributed by atoms with Crippen molar-refractivity contribution in [2.24, 2.45) is 5.73 Å². The van der Waals surface area contributed by atoms with Crippen molar-refractivity contribution in [3.8, 4) is 5.75 Å². The third-order valence-corrected chi connectivity index (χ3v) is 4.06. The van der Waals surface area contributed by atoms with Crippen LogP contribution in [0, 0.1) is 0 Å². The molecule has 2 aromatic rings. The number of ether oxygens (including phenoxy) is 2. The molecule has 0 amide bonds. The minimum absolute atomic E-state index is 0.275. The van der Waals surface area contributed by atoms with E-state index in [0.29, 0.717) is 18.2 Å². The summed E-state index contributed by atoms with van der Waals surface area (Å²) in [6.07, 6.45) is 0. The Morgan fingerprint density at radius 2 is 1.95 bits per heavy atom. The molecule has 2 aromatic carbocycles. The fourth-order valence-electron chi connectivity index (χ4n) is 1.97. The lowest BCUT2D eigenvalue weighted by molar-refractivity contribution is 0.146. The van der Waals surface area contributed by atoms with Gasteiger partial charge >= 0.3 is 0 Å². The Bertz CT molecular complexity index is 607. The van der Waals surface area contributed by atoms with Crippen LogP contribution in [0.4, 0.5) is 0 Å². The summed E-state index contributed by atoms with van der Waals surface area (Å²) in [5, 5.41) is 0.668. The first kappa shape index (κ1) is 16.3. The summed E-state index contributed by atoms with van der Waals surface area (Å²) < 4.78 is 11.4. The molecule has 1 atom stereocenters. The van der Waals surface area contributed by atoms with Crippen molar-refractivity contribution >= 4 is 27.5 Å².